The Morgan fingerprint density at radius 1 is 1.48 bits per heavy atom. The number of rotatable bonds is 2. The molecule has 2 heterocycles. The van der Waals surface area contributed by atoms with Crippen LogP contribution in [0.25, 0.3) is 0 Å². The highest BCUT2D eigenvalue weighted by molar-refractivity contribution is 6.29. The SMILES string of the molecule is C#C.CC(C)(C)OC(=O)CN1C(=O)Cc2cnc(Cl)cc21. The number of fused-ring (bicyclic) bond motifs is 1. The molecule has 0 saturated heterocycles. The van der Waals surface area contributed by atoms with Crippen molar-refractivity contribution in [2.75, 3.05) is 11.4 Å². The average Bonchev–Trinajstić information content (AvgIpc) is 2.66. The zero-order valence-corrected chi connectivity index (χ0v) is 13.0. The molecule has 0 aromatic carbocycles. The molecule has 0 N–H and O–H groups in total. The molecule has 0 atom stereocenters. The summed E-state index contributed by atoms with van der Waals surface area (Å²) in [6.45, 7) is 5.24. The third kappa shape index (κ3) is 4.47. The van der Waals surface area contributed by atoms with Gasteiger partial charge in [-0.3, -0.25) is 9.59 Å². The first-order valence-electron chi connectivity index (χ1n) is 6.26. The minimum atomic E-state index is -0.571. The van der Waals surface area contributed by atoms with Crippen molar-refractivity contribution in [2.24, 2.45) is 0 Å². The number of esters is 1. The molecule has 6 heteroatoms. The number of ether oxygens (including phenoxy) is 1. The van der Waals surface area contributed by atoms with E-state index in [1.54, 1.807) is 33.0 Å². The number of amides is 1. The zero-order chi connectivity index (χ0) is 16.2. The summed E-state index contributed by atoms with van der Waals surface area (Å²) in [6.07, 6.45) is 9.80. The number of hydrogen-bond donors (Lipinski definition) is 0. The molecule has 0 saturated carbocycles. The number of pyridine rings is 1. The van der Waals surface area contributed by atoms with E-state index >= 15 is 0 Å². The van der Waals surface area contributed by atoms with Crippen molar-refractivity contribution in [2.45, 2.75) is 32.8 Å². The van der Waals surface area contributed by atoms with Gasteiger partial charge >= 0.3 is 5.97 Å². The number of carbonyl (C=O) groups is 2. The summed E-state index contributed by atoms with van der Waals surface area (Å²) < 4.78 is 5.21. The highest BCUT2D eigenvalue weighted by atomic mass is 35.5. The molecule has 0 aliphatic carbocycles. The lowest BCUT2D eigenvalue weighted by molar-refractivity contribution is -0.153. The fourth-order valence-corrected chi connectivity index (χ4v) is 2.06. The fourth-order valence-electron chi connectivity index (χ4n) is 1.90. The predicted octanol–water partition coefficient (Wildman–Crippen LogP) is 2.22. The largest absolute Gasteiger partial charge is 0.459 e. The van der Waals surface area contributed by atoms with Gasteiger partial charge in [-0.2, -0.15) is 0 Å². The van der Waals surface area contributed by atoms with Crippen molar-refractivity contribution >= 4 is 29.2 Å². The maximum absolute atomic E-state index is 11.9. The van der Waals surface area contributed by atoms with Crippen LogP contribution in [0, 0.1) is 12.8 Å². The Balaban J connectivity index is 0.00000106. The van der Waals surface area contributed by atoms with Crippen molar-refractivity contribution in [3.63, 3.8) is 0 Å². The third-order valence-corrected chi connectivity index (χ3v) is 2.78. The zero-order valence-electron chi connectivity index (χ0n) is 12.2. The van der Waals surface area contributed by atoms with Gasteiger partial charge in [0.1, 0.15) is 17.3 Å². The van der Waals surface area contributed by atoms with E-state index in [-0.39, 0.29) is 18.9 Å². The number of carbonyl (C=O) groups excluding carboxylic acids is 2. The summed E-state index contributed by atoms with van der Waals surface area (Å²) in [5.41, 5.74) is 0.840. The van der Waals surface area contributed by atoms with E-state index in [1.165, 1.54) is 4.90 Å². The second kappa shape index (κ2) is 6.59. The van der Waals surface area contributed by atoms with Gasteiger partial charge in [-0.05, 0) is 26.8 Å². The molecule has 1 amide bonds. The molecule has 1 aliphatic heterocycles. The normalized spacial score (nSPS) is 13.2. The third-order valence-electron chi connectivity index (χ3n) is 2.57. The van der Waals surface area contributed by atoms with Crippen LogP contribution in [0.2, 0.25) is 5.15 Å². The Morgan fingerprint density at radius 3 is 2.67 bits per heavy atom. The Kier molecular flexibility index (Phi) is 5.34. The summed E-state index contributed by atoms with van der Waals surface area (Å²) in [6, 6.07) is 1.59. The van der Waals surface area contributed by atoms with Crippen LogP contribution in [0.15, 0.2) is 12.3 Å². The Hall–Kier alpha value is -2.06. The predicted molar refractivity (Wildman–Crippen MR) is 81.0 cm³/mol. The molecule has 5 nitrogen and oxygen atoms in total. The lowest BCUT2D eigenvalue weighted by Gasteiger charge is -2.22. The summed E-state index contributed by atoms with van der Waals surface area (Å²) in [5.74, 6) is -0.591. The summed E-state index contributed by atoms with van der Waals surface area (Å²) >= 11 is 5.81. The topological polar surface area (TPSA) is 59.5 Å². The van der Waals surface area contributed by atoms with Gasteiger partial charge < -0.3 is 9.64 Å². The van der Waals surface area contributed by atoms with E-state index in [1.807, 2.05) is 0 Å². The van der Waals surface area contributed by atoms with E-state index in [0.29, 0.717) is 10.8 Å². The van der Waals surface area contributed by atoms with Crippen LogP contribution >= 0.6 is 11.6 Å². The highest BCUT2D eigenvalue weighted by Gasteiger charge is 2.30. The van der Waals surface area contributed by atoms with Crippen LogP contribution in [0.5, 0.6) is 0 Å². The molecule has 21 heavy (non-hydrogen) atoms. The molecule has 112 valence electrons. The van der Waals surface area contributed by atoms with Crippen LogP contribution in [0.4, 0.5) is 5.69 Å². The monoisotopic (exact) mass is 308 g/mol. The van der Waals surface area contributed by atoms with Crippen molar-refractivity contribution in [1.29, 1.82) is 0 Å². The van der Waals surface area contributed by atoms with Crippen LogP contribution in [0.1, 0.15) is 26.3 Å². The van der Waals surface area contributed by atoms with E-state index in [4.69, 9.17) is 16.3 Å². The van der Waals surface area contributed by atoms with Crippen molar-refractivity contribution < 1.29 is 14.3 Å². The average molecular weight is 309 g/mol. The molecule has 1 aromatic rings. The van der Waals surface area contributed by atoms with Crippen molar-refractivity contribution in [1.82, 2.24) is 4.98 Å². The van der Waals surface area contributed by atoms with E-state index in [9.17, 15) is 9.59 Å². The van der Waals surface area contributed by atoms with Gasteiger partial charge in [0.15, 0.2) is 0 Å². The Bertz CT molecular complexity index is 576. The molecule has 0 spiro atoms. The van der Waals surface area contributed by atoms with Gasteiger partial charge in [0.05, 0.1) is 12.1 Å². The summed E-state index contributed by atoms with van der Waals surface area (Å²) in [4.78, 5) is 29.0. The van der Waals surface area contributed by atoms with E-state index < -0.39 is 11.6 Å². The van der Waals surface area contributed by atoms with Crippen LogP contribution in [0.3, 0.4) is 0 Å². The van der Waals surface area contributed by atoms with Gasteiger partial charge in [-0.25, -0.2) is 4.98 Å². The van der Waals surface area contributed by atoms with Gasteiger partial charge in [-0.15, -0.1) is 12.8 Å². The maximum Gasteiger partial charge on any atom is 0.326 e. The number of halogens is 1. The summed E-state index contributed by atoms with van der Waals surface area (Å²) in [7, 11) is 0. The molecule has 1 aromatic heterocycles. The quantitative estimate of drug-likeness (QED) is 0.477. The molecular weight excluding hydrogens is 292 g/mol. The molecule has 0 fully saturated rings. The van der Waals surface area contributed by atoms with Crippen LogP contribution in [-0.2, 0) is 20.7 Å². The number of aromatic nitrogens is 1. The molecule has 0 bridgehead atoms. The summed E-state index contributed by atoms with van der Waals surface area (Å²) in [5, 5.41) is 0.294. The number of anilines is 1. The van der Waals surface area contributed by atoms with Gasteiger partial charge in [0.25, 0.3) is 0 Å². The first-order valence-corrected chi connectivity index (χ1v) is 6.64. The first-order chi connectivity index (χ1) is 9.76. The van der Waals surface area contributed by atoms with Crippen LogP contribution in [-0.4, -0.2) is 29.0 Å². The van der Waals surface area contributed by atoms with Gasteiger partial charge in [-0.1, -0.05) is 11.6 Å². The number of terminal acetylenes is 1. The Labute approximate surface area is 129 Å². The Morgan fingerprint density at radius 2 is 2.10 bits per heavy atom. The fraction of sp³-hybridized carbons (Fsp3) is 0.400. The minimum Gasteiger partial charge on any atom is -0.459 e. The lowest BCUT2D eigenvalue weighted by Crippen LogP contribution is -2.36. The smallest absolute Gasteiger partial charge is 0.326 e. The van der Waals surface area contributed by atoms with Crippen molar-refractivity contribution in [3.05, 3.63) is 23.0 Å². The van der Waals surface area contributed by atoms with E-state index in [0.717, 1.165) is 5.56 Å². The second-order valence-electron chi connectivity index (χ2n) is 5.38. The van der Waals surface area contributed by atoms with E-state index in [2.05, 4.69) is 17.8 Å². The molecule has 0 radical (unpaired) electrons. The second-order valence-corrected chi connectivity index (χ2v) is 5.77. The number of hydrogen-bond acceptors (Lipinski definition) is 4. The van der Waals surface area contributed by atoms with Crippen LogP contribution < -0.4 is 4.90 Å². The lowest BCUT2D eigenvalue weighted by atomic mass is 10.2. The highest BCUT2D eigenvalue weighted by Crippen LogP contribution is 2.30. The van der Waals surface area contributed by atoms with Crippen molar-refractivity contribution in [3.8, 4) is 12.8 Å². The molecular formula is C15H17ClN2O3. The van der Waals surface area contributed by atoms with Gasteiger partial charge in [0, 0.05) is 11.8 Å². The standard InChI is InChI=1S/C13H15ClN2O3.C2H2/c1-13(2,3)19-12(18)7-16-9-5-10(14)15-6-8(9)4-11(16)17;1-2/h5-6H,4,7H2,1-3H3;1-2H. The first kappa shape index (κ1) is 17.0. The maximum atomic E-state index is 11.9. The molecule has 0 unspecified atom stereocenters. The molecule has 2 rings (SSSR count). The van der Waals surface area contributed by atoms with Gasteiger partial charge in [0.2, 0.25) is 5.91 Å². The minimum absolute atomic E-state index is 0.108. The number of nitrogens with zero attached hydrogens (tertiary/aromatic N) is 2. The molecule has 1 aliphatic rings.